The Balaban J connectivity index is 2.06. The largest absolute Gasteiger partial charge is 0.478 e. The molecule has 112 valence electrons. The SMILES string of the molecule is Cc1cc(C(=O)O)ccc1NCc1cnn(C(C)(C)C)c1. The van der Waals surface area contributed by atoms with Crippen LogP contribution in [0, 0.1) is 6.92 Å². The molecular formula is C16H21N3O2. The number of carboxylic acids is 1. The van der Waals surface area contributed by atoms with E-state index in [-0.39, 0.29) is 5.54 Å². The van der Waals surface area contributed by atoms with Gasteiger partial charge in [-0.2, -0.15) is 5.10 Å². The third-order valence-electron chi connectivity index (χ3n) is 3.28. The van der Waals surface area contributed by atoms with Gasteiger partial charge in [0.1, 0.15) is 0 Å². The lowest BCUT2D eigenvalue weighted by Crippen LogP contribution is -2.21. The molecule has 1 heterocycles. The van der Waals surface area contributed by atoms with Crippen molar-refractivity contribution in [2.24, 2.45) is 0 Å². The fourth-order valence-electron chi connectivity index (χ4n) is 2.01. The second-order valence-electron chi connectivity index (χ2n) is 6.15. The van der Waals surface area contributed by atoms with E-state index in [0.29, 0.717) is 12.1 Å². The first kappa shape index (κ1) is 15.1. The Hall–Kier alpha value is -2.30. The zero-order chi connectivity index (χ0) is 15.6. The van der Waals surface area contributed by atoms with Gasteiger partial charge in [-0.05, 0) is 51.5 Å². The van der Waals surface area contributed by atoms with Gasteiger partial charge in [0.2, 0.25) is 0 Å². The first-order valence-electron chi connectivity index (χ1n) is 6.89. The van der Waals surface area contributed by atoms with E-state index in [1.54, 1.807) is 18.2 Å². The number of aromatic nitrogens is 2. The van der Waals surface area contributed by atoms with Gasteiger partial charge in [0.15, 0.2) is 0 Å². The number of aromatic carboxylic acids is 1. The van der Waals surface area contributed by atoms with Crippen LogP contribution in [-0.2, 0) is 12.1 Å². The zero-order valence-corrected chi connectivity index (χ0v) is 12.8. The van der Waals surface area contributed by atoms with Crippen LogP contribution in [0.25, 0.3) is 0 Å². The molecule has 2 aromatic rings. The summed E-state index contributed by atoms with van der Waals surface area (Å²) >= 11 is 0. The highest BCUT2D eigenvalue weighted by Crippen LogP contribution is 2.18. The lowest BCUT2D eigenvalue weighted by atomic mass is 10.1. The van der Waals surface area contributed by atoms with Gasteiger partial charge in [-0.25, -0.2) is 4.79 Å². The van der Waals surface area contributed by atoms with Gasteiger partial charge in [0.05, 0.1) is 17.3 Å². The summed E-state index contributed by atoms with van der Waals surface area (Å²) in [7, 11) is 0. The smallest absolute Gasteiger partial charge is 0.335 e. The fourth-order valence-corrected chi connectivity index (χ4v) is 2.01. The summed E-state index contributed by atoms with van der Waals surface area (Å²) in [4.78, 5) is 10.9. The first-order chi connectivity index (χ1) is 9.77. The van der Waals surface area contributed by atoms with E-state index in [0.717, 1.165) is 16.8 Å². The molecule has 0 saturated carbocycles. The van der Waals surface area contributed by atoms with Crippen molar-refractivity contribution in [2.45, 2.75) is 39.8 Å². The summed E-state index contributed by atoms with van der Waals surface area (Å²) < 4.78 is 1.93. The minimum Gasteiger partial charge on any atom is -0.478 e. The highest BCUT2D eigenvalue weighted by atomic mass is 16.4. The molecule has 0 radical (unpaired) electrons. The minimum absolute atomic E-state index is 0.0305. The van der Waals surface area contributed by atoms with Gasteiger partial charge >= 0.3 is 5.97 Å². The Morgan fingerprint density at radius 3 is 2.62 bits per heavy atom. The Kier molecular flexibility index (Phi) is 4.02. The van der Waals surface area contributed by atoms with Crippen LogP contribution in [0.2, 0.25) is 0 Å². The minimum atomic E-state index is -0.906. The van der Waals surface area contributed by atoms with E-state index in [1.807, 2.05) is 24.0 Å². The summed E-state index contributed by atoms with van der Waals surface area (Å²) in [5, 5.41) is 16.6. The molecule has 0 fully saturated rings. The molecule has 1 aromatic heterocycles. The van der Waals surface area contributed by atoms with Gasteiger partial charge < -0.3 is 10.4 Å². The molecule has 0 atom stereocenters. The van der Waals surface area contributed by atoms with Gasteiger partial charge in [0.25, 0.3) is 0 Å². The maximum atomic E-state index is 10.9. The van der Waals surface area contributed by atoms with E-state index in [1.165, 1.54) is 0 Å². The number of rotatable bonds is 4. The van der Waals surface area contributed by atoms with Crippen molar-refractivity contribution in [3.05, 3.63) is 47.3 Å². The van der Waals surface area contributed by atoms with Crippen LogP contribution in [-0.4, -0.2) is 20.9 Å². The lowest BCUT2D eigenvalue weighted by Gasteiger charge is -2.18. The molecule has 0 aliphatic heterocycles. The molecule has 2 N–H and O–H groups in total. The van der Waals surface area contributed by atoms with Crippen molar-refractivity contribution in [3.8, 4) is 0 Å². The van der Waals surface area contributed by atoms with E-state index in [9.17, 15) is 4.79 Å². The van der Waals surface area contributed by atoms with Crippen molar-refractivity contribution in [3.63, 3.8) is 0 Å². The Morgan fingerprint density at radius 1 is 1.38 bits per heavy atom. The zero-order valence-electron chi connectivity index (χ0n) is 12.8. The van der Waals surface area contributed by atoms with Gasteiger partial charge in [-0.15, -0.1) is 0 Å². The molecule has 0 saturated heterocycles. The number of carboxylic acid groups (broad SMARTS) is 1. The number of hydrogen-bond acceptors (Lipinski definition) is 3. The molecule has 5 heteroatoms. The second kappa shape index (κ2) is 5.60. The number of anilines is 1. The molecule has 0 bridgehead atoms. The Bertz CT molecular complexity index is 654. The number of hydrogen-bond donors (Lipinski definition) is 2. The summed E-state index contributed by atoms with van der Waals surface area (Å²) in [6, 6.07) is 5.08. The van der Waals surface area contributed by atoms with Crippen molar-refractivity contribution >= 4 is 11.7 Å². The molecule has 0 aliphatic carbocycles. The predicted octanol–water partition coefficient (Wildman–Crippen LogP) is 3.26. The van der Waals surface area contributed by atoms with Crippen LogP contribution < -0.4 is 5.32 Å². The molecular weight excluding hydrogens is 266 g/mol. The summed E-state index contributed by atoms with van der Waals surface area (Å²) in [6.07, 6.45) is 3.87. The van der Waals surface area contributed by atoms with E-state index >= 15 is 0 Å². The van der Waals surface area contributed by atoms with Crippen LogP contribution >= 0.6 is 0 Å². The normalized spacial score (nSPS) is 11.4. The number of nitrogens with zero attached hydrogens (tertiary/aromatic N) is 2. The summed E-state index contributed by atoms with van der Waals surface area (Å²) in [5.41, 5.74) is 3.21. The molecule has 21 heavy (non-hydrogen) atoms. The topological polar surface area (TPSA) is 67.2 Å². The van der Waals surface area contributed by atoms with Crippen LogP contribution in [0.3, 0.4) is 0 Å². The molecule has 0 aliphatic rings. The third kappa shape index (κ3) is 3.62. The number of carbonyl (C=O) groups is 1. The van der Waals surface area contributed by atoms with Crippen LogP contribution in [0.5, 0.6) is 0 Å². The maximum absolute atomic E-state index is 10.9. The highest BCUT2D eigenvalue weighted by molar-refractivity contribution is 5.88. The molecule has 0 amide bonds. The van der Waals surface area contributed by atoms with Crippen molar-refractivity contribution in [2.75, 3.05) is 5.32 Å². The number of nitrogens with one attached hydrogen (secondary N) is 1. The average Bonchev–Trinajstić information content (AvgIpc) is 2.85. The lowest BCUT2D eigenvalue weighted by molar-refractivity contribution is 0.0697. The monoisotopic (exact) mass is 287 g/mol. The quantitative estimate of drug-likeness (QED) is 0.905. The van der Waals surface area contributed by atoms with Crippen LogP contribution in [0.15, 0.2) is 30.6 Å². The van der Waals surface area contributed by atoms with Crippen LogP contribution in [0.4, 0.5) is 5.69 Å². The Morgan fingerprint density at radius 2 is 2.10 bits per heavy atom. The summed E-state index contributed by atoms with van der Waals surface area (Å²) in [5.74, 6) is -0.906. The highest BCUT2D eigenvalue weighted by Gasteiger charge is 2.14. The maximum Gasteiger partial charge on any atom is 0.335 e. The third-order valence-corrected chi connectivity index (χ3v) is 3.28. The molecule has 0 spiro atoms. The number of aryl methyl sites for hydroxylation is 1. The van der Waals surface area contributed by atoms with Crippen molar-refractivity contribution < 1.29 is 9.90 Å². The van der Waals surface area contributed by atoms with Crippen molar-refractivity contribution in [1.82, 2.24) is 9.78 Å². The molecule has 5 nitrogen and oxygen atoms in total. The second-order valence-corrected chi connectivity index (χ2v) is 6.15. The number of benzene rings is 1. The average molecular weight is 287 g/mol. The van der Waals surface area contributed by atoms with Gasteiger partial charge in [-0.1, -0.05) is 0 Å². The fraction of sp³-hybridized carbons (Fsp3) is 0.375. The molecule has 0 unspecified atom stereocenters. The first-order valence-corrected chi connectivity index (χ1v) is 6.89. The molecule has 1 aromatic carbocycles. The predicted molar refractivity (Wildman–Crippen MR) is 82.7 cm³/mol. The van der Waals surface area contributed by atoms with E-state index in [2.05, 4.69) is 31.2 Å². The Labute approximate surface area is 124 Å². The van der Waals surface area contributed by atoms with Gasteiger partial charge in [-0.3, -0.25) is 4.68 Å². The molecule has 2 rings (SSSR count). The van der Waals surface area contributed by atoms with Gasteiger partial charge in [0, 0.05) is 24.0 Å². The van der Waals surface area contributed by atoms with E-state index < -0.39 is 5.97 Å². The van der Waals surface area contributed by atoms with E-state index in [4.69, 9.17) is 5.11 Å². The van der Waals surface area contributed by atoms with Crippen LogP contribution in [0.1, 0.15) is 42.3 Å². The summed E-state index contributed by atoms with van der Waals surface area (Å²) in [6.45, 7) is 8.86. The van der Waals surface area contributed by atoms with Crippen molar-refractivity contribution in [1.29, 1.82) is 0 Å². The standard InChI is InChI=1S/C16H21N3O2/c1-11-7-13(15(20)21)5-6-14(11)17-8-12-9-18-19(10-12)16(2,3)4/h5-7,9-10,17H,8H2,1-4H3,(H,20,21).